The zero-order valence-corrected chi connectivity index (χ0v) is 12.0. The highest BCUT2D eigenvalue weighted by molar-refractivity contribution is 5.76. The van der Waals surface area contributed by atoms with Gasteiger partial charge in [-0.15, -0.1) is 0 Å². The molecule has 1 aliphatic rings. The Morgan fingerprint density at radius 1 is 1.24 bits per heavy atom. The molecule has 21 heavy (non-hydrogen) atoms. The molecule has 0 bridgehead atoms. The van der Waals surface area contributed by atoms with Gasteiger partial charge in [0.2, 0.25) is 0 Å². The van der Waals surface area contributed by atoms with Crippen LogP contribution in [-0.4, -0.2) is 32.5 Å². The number of nitrogens with one attached hydrogen (secondary N) is 1. The van der Waals surface area contributed by atoms with Crippen LogP contribution in [0.2, 0.25) is 0 Å². The Morgan fingerprint density at radius 3 is 3.14 bits per heavy atom. The maximum absolute atomic E-state index is 4.82. The molecule has 1 aliphatic carbocycles. The van der Waals surface area contributed by atoms with E-state index < -0.39 is 0 Å². The van der Waals surface area contributed by atoms with Gasteiger partial charge in [-0.2, -0.15) is 5.10 Å². The average Bonchev–Trinajstić information content (AvgIpc) is 3.16. The molecule has 0 atom stereocenters. The zero-order valence-electron chi connectivity index (χ0n) is 12.0. The highest BCUT2D eigenvalue weighted by Gasteiger charge is 2.19. The summed E-state index contributed by atoms with van der Waals surface area (Å²) in [5, 5.41) is 15.5. The lowest BCUT2D eigenvalue weighted by Crippen LogP contribution is -2.18. The van der Waals surface area contributed by atoms with Crippen LogP contribution < -0.4 is 0 Å². The monoisotopic (exact) mass is 283 g/mol. The number of hydrogen-bond donors (Lipinski definition) is 1. The molecule has 108 valence electrons. The number of benzene rings is 1. The average molecular weight is 283 g/mol. The first kappa shape index (κ1) is 12.5. The van der Waals surface area contributed by atoms with E-state index in [1.807, 2.05) is 12.1 Å². The molecule has 1 N–H and O–H groups in total. The summed E-state index contributed by atoms with van der Waals surface area (Å²) >= 11 is 0. The molecule has 0 aliphatic heterocycles. The molecule has 0 unspecified atom stereocenters. The number of rotatable bonds is 4. The van der Waals surface area contributed by atoms with Gasteiger partial charge >= 0.3 is 0 Å². The van der Waals surface area contributed by atoms with Crippen LogP contribution in [0.4, 0.5) is 0 Å². The molecule has 6 heteroatoms. The lowest BCUT2D eigenvalue weighted by atomic mass is 10.1. The Labute approximate surface area is 122 Å². The van der Waals surface area contributed by atoms with Crippen molar-refractivity contribution >= 4 is 11.0 Å². The van der Waals surface area contributed by atoms with Crippen molar-refractivity contribution in [3.63, 3.8) is 0 Å². The van der Waals surface area contributed by atoms with E-state index in [0.717, 1.165) is 42.5 Å². The summed E-state index contributed by atoms with van der Waals surface area (Å²) in [6.45, 7) is 1.64. The lowest BCUT2D eigenvalue weighted by Gasteiger charge is -2.16. The zero-order chi connectivity index (χ0) is 14.2. The van der Waals surface area contributed by atoms with E-state index in [1.54, 1.807) is 0 Å². The van der Waals surface area contributed by atoms with Crippen molar-refractivity contribution in [2.75, 3.05) is 7.05 Å². The second-order valence-electron chi connectivity index (χ2n) is 5.70. The van der Waals surface area contributed by atoms with Crippen molar-refractivity contribution in [2.24, 2.45) is 0 Å². The number of H-pyrrole nitrogens is 1. The first-order valence-electron chi connectivity index (χ1n) is 7.25. The smallest absolute Gasteiger partial charge is 0.139 e. The van der Waals surface area contributed by atoms with E-state index in [4.69, 9.17) is 4.63 Å². The molecule has 4 rings (SSSR count). The van der Waals surface area contributed by atoms with Crippen molar-refractivity contribution in [2.45, 2.75) is 32.4 Å². The van der Waals surface area contributed by atoms with E-state index >= 15 is 0 Å². The van der Waals surface area contributed by atoms with Crippen LogP contribution in [0.1, 0.15) is 28.9 Å². The van der Waals surface area contributed by atoms with Crippen LogP contribution >= 0.6 is 0 Å². The minimum absolute atomic E-state index is 0.799. The van der Waals surface area contributed by atoms with Gasteiger partial charge in [-0.1, -0.05) is 12.1 Å². The predicted molar refractivity (Wildman–Crippen MR) is 77.6 cm³/mol. The summed E-state index contributed by atoms with van der Waals surface area (Å²) < 4.78 is 4.82. The molecule has 1 aromatic carbocycles. The van der Waals surface area contributed by atoms with Crippen LogP contribution in [0.5, 0.6) is 0 Å². The summed E-state index contributed by atoms with van der Waals surface area (Å²) in [5.41, 5.74) is 6.70. The fourth-order valence-electron chi connectivity index (χ4n) is 3.11. The van der Waals surface area contributed by atoms with Crippen LogP contribution in [0, 0.1) is 0 Å². The van der Waals surface area contributed by atoms with Crippen LogP contribution in [-0.2, 0) is 25.9 Å². The normalized spacial score (nSPS) is 14.2. The van der Waals surface area contributed by atoms with Gasteiger partial charge in [-0.25, -0.2) is 4.63 Å². The molecule has 0 amide bonds. The van der Waals surface area contributed by atoms with E-state index in [1.165, 1.54) is 23.4 Å². The first-order chi connectivity index (χ1) is 10.3. The van der Waals surface area contributed by atoms with Gasteiger partial charge in [-0.05, 0) is 53.8 Å². The van der Waals surface area contributed by atoms with Crippen molar-refractivity contribution in [3.05, 3.63) is 40.7 Å². The fourth-order valence-corrected chi connectivity index (χ4v) is 3.11. The predicted octanol–water partition coefficient (Wildman–Crippen LogP) is 2.07. The molecule has 0 radical (unpaired) electrons. The number of fused-ring (bicyclic) bond motifs is 2. The second kappa shape index (κ2) is 4.96. The number of aromatic amines is 1. The van der Waals surface area contributed by atoms with Crippen LogP contribution in [0.3, 0.4) is 0 Å². The summed E-state index contributed by atoms with van der Waals surface area (Å²) in [5.74, 6) is 0. The summed E-state index contributed by atoms with van der Waals surface area (Å²) in [6, 6.07) is 5.97. The van der Waals surface area contributed by atoms with Crippen LogP contribution in [0.15, 0.2) is 22.8 Å². The van der Waals surface area contributed by atoms with Gasteiger partial charge < -0.3 is 0 Å². The molecular weight excluding hydrogens is 266 g/mol. The third-order valence-electron chi connectivity index (χ3n) is 4.12. The van der Waals surface area contributed by atoms with Crippen molar-refractivity contribution in [3.8, 4) is 0 Å². The Bertz CT molecular complexity index is 775. The van der Waals surface area contributed by atoms with Gasteiger partial charge in [0.15, 0.2) is 0 Å². The number of nitrogens with zero attached hydrogens (tertiary/aromatic N) is 4. The van der Waals surface area contributed by atoms with Gasteiger partial charge in [0, 0.05) is 18.8 Å². The number of hydrogen-bond acceptors (Lipinski definition) is 5. The van der Waals surface area contributed by atoms with Gasteiger partial charge in [-0.3, -0.25) is 10.00 Å². The SMILES string of the molecule is CN(Cc1n[nH]c2c1CCC2)Cc1cccc2nonc12. The Morgan fingerprint density at radius 2 is 2.19 bits per heavy atom. The van der Waals surface area contributed by atoms with Gasteiger partial charge in [0.25, 0.3) is 0 Å². The molecule has 0 fully saturated rings. The number of aryl methyl sites for hydroxylation is 1. The number of aromatic nitrogens is 4. The largest absolute Gasteiger partial charge is 0.296 e. The third kappa shape index (κ3) is 2.21. The van der Waals surface area contributed by atoms with E-state index in [9.17, 15) is 0 Å². The molecule has 0 saturated heterocycles. The Kier molecular flexibility index (Phi) is 2.96. The molecule has 6 nitrogen and oxygen atoms in total. The van der Waals surface area contributed by atoms with Crippen molar-refractivity contribution in [1.29, 1.82) is 0 Å². The molecular formula is C15H17N5O. The Hall–Kier alpha value is -2.21. The summed E-state index contributed by atoms with van der Waals surface area (Å²) in [7, 11) is 2.10. The molecule has 0 spiro atoms. The molecule has 3 aromatic rings. The highest BCUT2D eigenvalue weighted by Crippen LogP contribution is 2.24. The van der Waals surface area contributed by atoms with E-state index in [2.05, 4.69) is 38.5 Å². The van der Waals surface area contributed by atoms with E-state index in [0.29, 0.717) is 0 Å². The van der Waals surface area contributed by atoms with Gasteiger partial charge in [0.05, 0.1) is 5.69 Å². The molecule has 2 heterocycles. The third-order valence-corrected chi connectivity index (χ3v) is 4.12. The molecule has 0 saturated carbocycles. The second-order valence-corrected chi connectivity index (χ2v) is 5.70. The quantitative estimate of drug-likeness (QED) is 0.793. The summed E-state index contributed by atoms with van der Waals surface area (Å²) in [6.07, 6.45) is 3.53. The lowest BCUT2D eigenvalue weighted by molar-refractivity contribution is 0.308. The van der Waals surface area contributed by atoms with E-state index in [-0.39, 0.29) is 0 Å². The summed E-state index contributed by atoms with van der Waals surface area (Å²) in [4.78, 5) is 2.25. The standard InChI is InChI=1S/C15H17N5O/c1-20(9-14-11-5-3-6-12(11)16-17-14)8-10-4-2-7-13-15(10)19-21-18-13/h2,4,7H,3,5-6,8-9H2,1H3,(H,16,17). The van der Waals surface area contributed by atoms with Crippen molar-refractivity contribution in [1.82, 2.24) is 25.4 Å². The van der Waals surface area contributed by atoms with Gasteiger partial charge in [0.1, 0.15) is 11.0 Å². The fraction of sp³-hybridized carbons (Fsp3) is 0.400. The highest BCUT2D eigenvalue weighted by atomic mass is 16.6. The van der Waals surface area contributed by atoms with Crippen LogP contribution in [0.25, 0.3) is 11.0 Å². The van der Waals surface area contributed by atoms with Crippen molar-refractivity contribution < 1.29 is 4.63 Å². The minimum Gasteiger partial charge on any atom is -0.296 e. The maximum Gasteiger partial charge on any atom is 0.139 e. The first-order valence-corrected chi connectivity index (χ1v) is 7.25. The topological polar surface area (TPSA) is 70.8 Å². The minimum atomic E-state index is 0.799. The maximum atomic E-state index is 4.82. The Balaban J connectivity index is 1.53. The molecule has 2 aromatic heterocycles.